The van der Waals surface area contributed by atoms with Gasteiger partial charge in [0.25, 0.3) is 6.64 Å². The van der Waals surface area contributed by atoms with Crippen molar-refractivity contribution in [1.82, 2.24) is 24.8 Å². The zero-order chi connectivity index (χ0) is 18.4. The minimum absolute atomic E-state index is 0.0879. The molecule has 2 aromatic heterocycles. The molecule has 0 atom stereocenters. The molecule has 0 unspecified atom stereocenters. The third-order valence-electron chi connectivity index (χ3n) is 2.60. The van der Waals surface area contributed by atoms with E-state index in [1.54, 1.807) is 23.3 Å². The normalized spacial score (nSPS) is 11.8. The molecule has 25 heavy (non-hydrogen) atoms. The van der Waals surface area contributed by atoms with Crippen LogP contribution in [0.3, 0.4) is 0 Å². The van der Waals surface area contributed by atoms with Gasteiger partial charge in [-0.25, -0.2) is 4.98 Å². The Balaban J connectivity index is 2.08. The number of anilines is 1. The van der Waals surface area contributed by atoms with Crippen molar-refractivity contribution in [1.29, 1.82) is 0 Å². The molecular weight excluding hydrogens is 379 g/mol. The predicted molar refractivity (Wildman–Crippen MR) is 105 cm³/mol. The van der Waals surface area contributed by atoms with Crippen molar-refractivity contribution in [2.45, 2.75) is 39.9 Å². The highest BCUT2D eigenvalue weighted by Gasteiger charge is 2.24. The highest BCUT2D eigenvalue weighted by atomic mass is 32.5. The average Bonchev–Trinajstić information content (AvgIpc) is 2.98. The topological polar surface area (TPSA) is 86.1 Å². The lowest BCUT2D eigenvalue weighted by Crippen LogP contribution is -2.29. The molecule has 8 nitrogen and oxygen atoms in total. The van der Waals surface area contributed by atoms with Crippen molar-refractivity contribution in [3.05, 3.63) is 30.9 Å². The van der Waals surface area contributed by atoms with Crippen LogP contribution in [0.4, 0.5) is 5.82 Å². The minimum atomic E-state index is -2.76. The Labute approximate surface area is 157 Å². The number of nitrogens with zero attached hydrogens (tertiary/aromatic N) is 4. The average molecular weight is 400 g/mol. The van der Waals surface area contributed by atoms with Crippen LogP contribution in [0.5, 0.6) is 0 Å². The first-order chi connectivity index (χ1) is 11.8. The molecule has 2 rings (SSSR count). The van der Waals surface area contributed by atoms with E-state index in [1.807, 2.05) is 39.8 Å². The van der Waals surface area contributed by atoms with Gasteiger partial charge in [0.1, 0.15) is 24.3 Å². The molecule has 0 aliphatic rings. The molecule has 0 fully saturated rings. The molecule has 136 valence electrons. The summed E-state index contributed by atoms with van der Waals surface area (Å²) in [6.45, 7) is 4.83. The number of rotatable bonds is 7. The predicted octanol–water partition coefficient (Wildman–Crippen LogP) is 3.02. The lowest BCUT2D eigenvalue weighted by molar-refractivity contribution is 0.172. The summed E-state index contributed by atoms with van der Waals surface area (Å²) >= 11 is 10.9. The van der Waals surface area contributed by atoms with Gasteiger partial charge in [0.2, 0.25) is 0 Å². The zero-order valence-electron chi connectivity index (χ0n) is 14.4. The third-order valence-corrected chi connectivity index (χ3v) is 5.64. The fourth-order valence-electron chi connectivity index (χ4n) is 1.86. The first-order valence-corrected chi connectivity index (χ1v) is 10.7. The molecule has 0 bridgehead atoms. The van der Waals surface area contributed by atoms with Crippen LogP contribution in [0, 0.1) is 0 Å². The standard InChI is InChI=1S/C14H21N6O2PS2/c1-10(2)21-23(25,22-11(3)4)19-14(24)18-12-6-5-7-13(17-12)20-8-15-16-9-20/h5-11H,1-4H3,(H2,17,18,19,24,25). The molecule has 0 amide bonds. The van der Waals surface area contributed by atoms with Crippen LogP contribution in [0.2, 0.25) is 0 Å². The number of hydrogen-bond donors (Lipinski definition) is 2. The largest absolute Gasteiger partial charge is 0.317 e. The van der Waals surface area contributed by atoms with Gasteiger partial charge >= 0.3 is 0 Å². The summed E-state index contributed by atoms with van der Waals surface area (Å²) in [5, 5.41) is 13.8. The van der Waals surface area contributed by atoms with Crippen LogP contribution < -0.4 is 10.4 Å². The number of aromatic nitrogens is 4. The minimum Gasteiger partial charge on any atom is -0.317 e. The van der Waals surface area contributed by atoms with Crippen LogP contribution >= 0.6 is 18.9 Å². The van der Waals surface area contributed by atoms with Crippen LogP contribution in [-0.2, 0) is 20.9 Å². The maximum atomic E-state index is 5.76. The van der Waals surface area contributed by atoms with E-state index < -0.39 is 6.64 Å². The number of thiocarbonyl (C=S) groups is 1. The second-order valence-electron chi connectivity index (χ2n) is 5.62. The van der Waals surface area contributed by atoms with E-state index in [0.29, 0.717) is 11.6 Å². The molecule has 0 saturated carbocycles. The van der Waals surface area contributed by atoms with Crippen molar-refractivity contribution in [2.75, 3.05) is 5.32 Å². The van der Waals surface area contributed by atoms with Crippen molar-refractivity contribution < 1.29 is 9.05 Å². The third kappa shape index (κ3) is 6.41. The van der Waals surface area contributed by atoms with Crippen molar-refractivity contribution in [3.63, 3.8) is 0 Å². The molecule has 0 aliphatic carbocycles. The Morgan fingerprint density at radius 3 is 2.28 bits per heavy atom. The van der Waals surface area contributed by atoms with Gasteiger partial charge < -0.3 is 14.4 Å². The number of pyridine rings is 1. The lowest BCUT2D eigenvalue weighted by Gasteiger charge is -2.27. The van der Waals surface area contributed by atoms with E-state index in [4.69, 9.17) is 33.1 Å². The lowest BCUT2D eigenvalue weighted by atomic mass is 10.4. The van der Waals surface area contributed by atoms with Crippen LogP contribution in [0.15, 0.2) is 30.9 Å². The van der Waals surface area contributed by atoms with Gasteiger partial charge in [-0.15, -0.1) is 10.2 Å². The van der Waals surface area contributed by atoms with Gasteiger partial charge in [0, 0.05) is 0 Å². The summed E-state index contributed by atoms with van der Waals surface area (Å²) in [5.74, 6) is 1.22. The van der Waals surface area contributed by atoms with Gasteiger partial charge in [-0.05, 0) is 63.9 Å². The van der Waals surface area contributed by atoms with Gasteiger partial charge in [-0.2, -0.15) is 0 Å². The number of hydrogen-bond acceptors (Lipinski definition) is 7. The Morgan fingerprint density at radius 1 is 1.12 bits per heavy atom. The van der Waals surface area contributed by atoms with Crippen LogP contribution in [0.1, 0.15) is 27.7 Å². The van der Waals surface area contributed by atoms with Crippen LogP contribution in [-0.4, -0.2) is 37.1 Å². The molecule has 0 saturated heterocycles. The summed E-state index contributed by atoms with van der Waals surface area (Å²) in [4.78, 5) is 4.45. The fraction of sp³-hybridized carbons (Fsp3) is 0.429. The first kappa shape index (κ1) is 19.9. The zero-order valence-corrected chi connectivity index (χ0v) is 16.9. The van der Waals surface area contributed by atoms with E-state index in [0.717, 1.165) is 0 Å². The maximum Gasteiger partial charge on any atom is 0.289 e. The van der Waals surface area contributed by atoms with E-state index in [9.17, 15) is 0 Å². The van der Waals surface area contributed by atoms with Gasteiger partial charge in [-0.1, -0.05) is 6.07 Å². The molecular formula is C14H21N6O2PS2. The monoisotopic (exact) mass is 400 g/mol. The summed E-state index contributed by atoms with van der Waals surface area (Å²) in [7, 11) is 0. The van der Waals surface area contributed by atoms with E-state index in [1.165, 1.54) is 0 Å². The highest BCUT2D eigenvalue weighted by Crippen LogP contribution is 2.46. The van der Waals surface area contributed by atoms with Gasteiger partial charge in [0.05, 0.1) is 12.2 Å². The molecule has 0 aromatic carbocycles. The second kappa shape index (κ2) is 8.77. The summed E-state index contributed by atoms with van der Waals surface area (Å²) < 4.78 is 13.2. The summed E-state index contributed by atoms with van der Waals surface area (Å²) in [5.41, 5.74) is 0. The summed E-state index contributed by atoms with van der Waals surface area (Å²) in [6.07, 6.45) is 2.95. The van der Waals surface area contributed by atoms with Crippen molar-refractivity contribution in [2.24, 2.45) is 0 Å². The van der Waals surface area contributed by atoms with E-state index in [-0.39, 0.29) is 17.3 Å². The Bertz CT molecular complexity index is 740. The van der Waals surface area contributed by atoms with Crippen LogP contribution in [0.25, 0.3) is 5.82 Å². The molecule has 0 radical (unpaired) electrons. The second-order valence-corrected chi connectivity index (χ2v) is 9.11. The molecule has 0 aliphatic heterocycles. The smallest absolute Gasteiger partial charge is 0.289 e. The highest BCUT2D eigenvalue weighted by molar-refractivity contribution is 8.09. The number of nitrogens with one attached hydrogen (secondary N) is 2. The SMILES string of the molecule is CC(C)OP(=S)(NC(=S)Nc1cccc(-n2cnnc2)n1)OC(C)C. The molecule has 2 aromatic rings. The van der Waals surface area contributed by atoms with Gasteiger partial charge in [-0.3, -0.25) is 9.65 Å². The molecule has 2 heterocycles. The Hall–Kier alpha value is -1.45. The molecule has 2 N–H and O–H groups in total. The summed E-state index contributed by atoms with van der Waals surface area (Å²) in [6, 6.07) is 5.47. The Morgan fingerprint density at radius 2 is 1.72 bits per heavy atom. The molecule has 0 spiro atoms. The fourth-order valence-corrected chi connectivity index (χ4v) is 5.37. The van der Waals surface area contributed by atoms with Crippen molar-refractivity contribution >= 4 is 41.6 Å². The van der Waals surface area contributed by atoms with Gasteiger partial charge in [0.15, 0.2) is 5.11 Å². The van der Waals surface area contributed by atoms with Crippen molar-refractivity contribution in [3.8, 4) is 5.82 Å². The first-order valence-electron chi connectivity index (χ1n) is 7.65. The van der Waals surface area contributed by atoms with E-state index in [2.05, 4.69) is 25.6 Å². The molecule has 11 heteroatoms. The Kier molecular flexibility index (Phi) is 6.97. The quantitative estimate of drug-likeness (QED) is 0.538. The maximum absolute atomic E-state index is 5.76. The van der Waals surface area contributed by atoms with E-state index >= 15 is 0 Å².